The second-order valence-corrected chi connectivity index (χ2v) is 6.67. The fraction of sp³-hybridized carbons (Fsp3) is 0.769. The first-order chi connectivity index (χ1) is 8.41. The molecule has 1 N–H and O–H groups in total. The molecule has 1 unspecified atom stereocenters. The molecule has 1 aromatic rings. The highest BCUT2D eigenvalue weighted by atomic mass is 32.1. The molecule has 0 aliphatic carbocycles. The minimum atomic E-state index is -0.0968. The van der Waals surface area contributed by atoms with Crippen molar-refractivity contribution in [1.29, 1.82) is 0 Å². The summed E-state index contributed by atoms with van der Waals surface area (Å²) in [6.45, 7) is 11.2. The molecule has 0 amide bonds. The summed E-state index contributed by atoms with van der Waals surface area (Å²) >= 11 is 1.79. The number of ether oxygens (including phenoxy) is 1. The van der Waals surface area contributed by atoms with E-state index < -0.39 is 0 Å². The van der Waals surface area contributed by atoms with Gasteiger partial charge in [0, 0.05) is 24.5 Å². The van der Waals surface area contributed by atoms with Crippen molar-refractivity contribution in [2.24, 2.45) is 0 Å². The number of hydrogen-bond acceptors (Lipinski definition) is 5. The fourth-order valence-electron chi connectivity index (χ4n) is 2.47. The van der Waals surface area contributed by atoms with Gasteiger partial charge in [0.2, 0.25) is 0 Å². The Kier molecular flexibility index (Phi) is 3.94. The van der Waals surface area contributed by atoms with Gasteiger partial charge < -0.3 is 15.0 Å². The van der Waals surface area contributed by atoms with Crippen LogP contribution in [0.4, 0.5) is 5.13 Å². The van der Waals surface area contributed by atoms with Crippen LogP contribution in [0, 0.1) is 6.92 Å². The molecule has 1 aliphatic rings. The summed E-state index contributed by atoms with van der Waals surface area (Å²) in [6, 6.07) is 0. The third-order valence-corrected chi connectivity index (χ3v) is 4.28. The fourth-order valence-corrected chi connectivity index (χ4v) is 3.55. The number of anilines is 1. The number of aromatic nitrogens is 1. The van der Waals surface area contributed by atoms with Crippen molar-refractivity contribution >= 4 is 16.5 Å². The van der Waals surface area contributed by atoms with E-state index in [0.29, 0.717) is 0 Å². The van der Waals surface area contributed by atoms with Gasteiger partial charge in [-0.25, -0.2) is 4.98 Å². The van der Waals surface area contributed by atoms with E-state index in [1.165, 1.54) is 4.88 Å². The summed E-state index contributed by atoms with van der Waals surface area (Å²) in [5, 5.41) is 4.32. The lowest BCUT2D eigenvalue weighted by Crippen LogP contribution is -2.52. The maximum atomic E-state index is 5.93. The van der Waals surface area contributed by atoms with E-state index >= 15 is 0 Å². The van der Waals surface area contributed by atoms with Gasteiger partial charge in [0.05, 0.1) is 17.4 Å². The minimum absolute atomic E-state index is 0.0968. The Morgan fingerprint density at radius 1 is 1.56 bits per heavy atom. The molecule has 1 aliphatic heterocycles. The zero-order chi connectivity index (χ0) is 13.3. The molecule has 102 valence electrons. The average Bonchev–Trinajstić information content (AvgIpc) is 2.58. The van der Waals surface area contributed by atoms with Gasteiger partial charge in [-0.05, 0) is 34.7 Å². The van der Waals surface area contributed by atoms with Crippen LogP contribution < -0.4 is 10.2 Å². The van der Waals surface area contributed by atoms with E-state index in [2.05, 4.69) is 37.9 Å². The largest absolute Gasteiger partial charge is 0.369 e. The Hall–Kier alpha value is -0.650. The van der Waals surface area contributed by atoms with Crippen molar-refractivity contribution in [2.75, 3.05) is 25.0 Å². The molecule has 0 spiro atoms. The highest BCUT2D eigenvalue weighted by Gasteiger charge is 2.32. The summed E-state index contributed by atoms with van der Waals surface area (Å²) in [4.78, 5) is 8.38. The van der Waals surface area contributed by atoms with Gasteiger partial charge in [-0.15, -0.1) is 11.3 Å². The SMILES string of the molecule is CNCc1sc(N2CC(C)OC(C)(C)C2)nc1C. The van der Waals surface area contributed by atoms with E-state index in [1.54, 1.807) is 11.3 Å². The minimum Gasteiger partial charge on any atom is -0.369 e. The van der Waals surface area contributed by atoms with Crippen molar-refractivity contribution in [3.8, 4) is 0 Å². The van der Waals surface area contributed by atoms with Gasteiger partial charge >= 0.3 is 0 Å². The third kappa shape index (κ3) is 3.02. The van der Waals surface area contributed by atoms with Crippen LogP contribution in [0.15, 0.2) is 0 Å². The highest BCUT2D eigenvalue weighted by Crippen LogP contribution is 2.30. The Morgan fingerprint density at radius 2 is 2.28 bits per heavy atom. The highest BCUT2D eigenvalue weighted by molar-refractivity contribution is 7.15. The van der Waals surface area contributed by atoms with E-state index in [4.69, 9.17) is 9.72 Å². The van der Waals surface area contributed by atoms with Crippen LogP contribution in [0.2, 0.25) is 0 Å². The maximum Gasteiger partial charge on any atom is 0.186 e. The van der Waals surface area contributed by atoms with Gasteiger partial charge in [-0.1, -0.05) is 0 Å². The monoisotopic (exact) mass is 269 g/mol. The molecule has 1 fully saturated rings. The number of nitrogens with zero attached hydrogens (tertiary/aromatic N) is 2. The van der Waals surface area contributed by atoms with Crippen molar-refractivity contribution in [3.63, 3.8) is 0 Å². The summed E-state index contributed by atoms with van der Waals surface area (Å²) in [7, 11) is 1.97. The zero-order valence-corrected chi connectivity index (χ0v) is 12.7. The molecule has 18 heavy (non-hydrogen) atoms. The van der Waals surface area contributed by atoms with Crippen molar-refractivity contribution < 1.29 is 4.74 Å². The van der Waals surface area contributed by atoms with Crippen LogP contribution in [-0.4, -0.2) is 36.8 Å². The summed E-state index contributed by atoms with van der Waals surface area (Å²) in [5.74, 6) is 0. The Labute approximate surface area is 113 Å². The summed E-state index contributed by atoms with van der Waals surface area (Å²) in [6.07, 6.45) is 0.255. The van der Waals surface area contributed by atoms with Crippen LogP contribution in [0.5, 0.6) is 0 Å². The number of thiazole rings is 1. The predicted molar refractivity (Wildman–Crippen MR) is 76.5 cm³/mol. The normalized spacial score (nSPS) is 23.4. The summed E-state index contributed by atoms with van der Waals surface area (Å²) < 4.78 is 5.93. The Morgan fingerprint density at radius 3 is 2.89 bits per heavy atom. The van der Waals surface area contributed by atoms with E-state index in [-0.39, 0.29) is 11.7 Å². The molecule has 0 bridgehead atoms. The molecule has 1 atom stereocenters. The van der Waals surface area contributed by atoms with E-state index in [0.717, 1.165) is 30.5 Å². The van der Waals surface area contributed by atoms with Gasteiger partial charge in [-0.2, -0.15) is 0 Å². The molecule has 4 nitrogen and oxygen atoms in total. The van der Waals surface area contributed by atoms with Crippen LogP contribution in [0.25, 0.3) is 0 Å². The zero-order valence-electron chi connectivity index (χ0n) is 11.9. The maximum absolute atomic E-state index is 5.93. The third-order valence-electron chi connectivity index (χ3n) is 3.06. The second-order valence-electron chi connectivity index (χ2n) is 5.60. The second kappa shape index (κ2) is 5.15. The first-order valence-electron chi connectivity index (χ1n) is 6.45. The number of hydrogen-bond donors (Lipinski definition) is 1. The average molecular weight is 269 g/mol. The Bertz CT molecular complexity index is 416. The first-order valence-corrected chi connectivity index (χ1v) is 7.26. The molecule has 0 saturated carbocycles. The molecule has 1 aromatic heterocycles. The van der Waals surface area contributed by atoms with Crippen molar-refractivity contribution in [2.45, 2.75) is 45.9 Å². The smallest absolute Gasteiger partial charge is 0.186 e. The molecule has 1 saturated heterocycles. The molecule has 2 rings (SSSR count). The van der Waals surface area contributed by atoms with Crippen LogP contribution >= 0.6 is 11.3 Å². The number of rotatable bonds is 3. The van der Waals surface area contributed by atoms with Gasteiger partial charge in [0.15, 0.2) is 5.13 Å². The lowest BCUT2D eigenvalue weighted by Gasteiger charge is -2.41. The number of morpholine rings is 1. The van der Waals surface area contributed by atoms with Crippen molar-refractivity contribution in [3.05, 3.63) is 10.6 Å². The molecular formula is C13H23N3OS. The lowest BCUT2D eigenvalue weighted by atomic mass is 10.1. The van der Waals surface area contributed by atoms with Gasteiger partial charge in [0.25, 0.3) is 0 Å². The van der Waals surface area contributed by atoms with Crippen molar-refractivity contribution in [1.82, 2.24) is 10.3 Å². The van der Waals surface area contributed by atoms with Gasteiger partial charge in [-0.3, -0.25) is 0 Å². The van der Waals surface area contributed by atoms with Crippen LogP contribution in [0.3, 0.4) is 0 Å². The van der Waals surface area contributed by atoms with Gasteiger partial charge in [0.1, 0.15) is 0 Å². The van der Waals surface area contributed by atoms with E-state index in [1.807, 2.05) is 7.05 Å². The lowest BCUT2D eigenvalue weighted by molar-refractivity contribution is -0.0749. The topological polar surface area (TPSA) is 37.4 Å². The Balaban J connectivity index is 2.18. The summed E-state index contributed by atoms with van der Waals surface area (Å²) in [5.41, 5.74) is 1.04. The van der Waals surface area contributed by atoms with Crippen LogP contribution in [0.1, 0.15) is 31.3 Å². The molecule has 5 heteroatoms. The quantitative estimate of drug-likeness (QED) is 0.912. The molecule has 0 aromatic carbocycles. The van der Waals surface area contributed by atoms with Crippen LogP contribution in [-0.2, 0) is 11.3 Å². The molecular weight excluding hydrogens is 246 g/mol. The number of nitrogens with one attached hydrogen (secondary N) is 1. The standard InChI is InChI=1S/C13H23N3OS/c1-9-7-16(8-13(3,4)17-9)12-15-10(2)11(18-12)6-14-5/h9,14H,6-8H2,1-5H3. The first kappa shape index (κ1) is 13.8. The molecule has 0 radical (unpaired) electrons. The number of aryl methyl sites for hydroxylation is 1. The predicted octanol–water partition coefficient (Wildman–Crippen LogP) is 2.17. The molecule has 2 heterocycles. The van der Waals surface area contributed by atoms with E-state index in [9.17, 15) is 0 Å².